The third-order valence-electron chi connectivity index (χ3n) is 4.80. The van der Waals surface area contributed by atoms with Gasteiger partial charge in [0.25, 0.3) is 0 Å². The highest BCUT2D eigenvalue weighted by molar-refractivity contribution is 14.0. The summed E-state index contributed by atoms with van der Waals surface area (Å²) in [5.41, 5.74) is 1.98. The Balaban J connectivity index is 0.00000280. The topological polar surface area (TPSA) is 84.6 Å². The molecule has 0 saturated heterocycles. The normalized spacial score (nSPS) is 15.0. The van der Waals surface area contributed by atoms with E-state index in [1.807, 2.05) is 32.2 Å². The van der Waals surface area contributed by atoms with Gasteiger partial charge >= 0.3 is 0 Å². The zero-order valence-electron chi connectivity index (χ0n) is 16.8. The van der Waals surface area contributed by atoms with Crippen molar-refractivity contribution < 1.29 is 9.15 Å². The number of aromatic nitrogens is 2. The molecule has 3 rings (SSSR count). The van der Waals surface area contributed by atoms with Crippen LogP contribution in [0.4, 0.5) is 0 Å². The molecule has 0 aromatic carbocycles. The fourth-order valence-electron chi connectivity index (χ4n) is 3.12. The Morgan fingerprint density at radius 1 is 1.18 bits per heavy atom. The molecule has 154 valence electrons. The minimum atomic E-state index is 0. The molecule has 0 atom stereocenters. The predicted molar refractivity (Wildman–Crippen MR) is 120 cm³/mol. The van der Waals surface area contributed by atoms with Crippen molar-refractivity contribution in [3.8, 4) is 5.88 Å². The first-order valence-electron chi connectivity index (χ1n) is 9.63. The van der Waals surface area contributed by atoms with Crippen molar-refractivity contribution in [3.63, 3.8) is 0 Å². The minimum absolute atomic E-state index is 0. The molecule has 1 aliphatic carbocycles. The molecule has 2 heterocycles. The van der Waals surface area contributed by atoms with Gasteiger partial charge in [0, 0.05) is 25.9 Å². The first kappa shape index (κ1) is 22.4. The smallest absolute Gasteiger partial charge is 0.214 e. The van der Waals surface area contributed by atoms with Crippen LogP contribution in [0.25, 0.3) is 0 Å². The van der Waals surface area contributed by atoms with Crippen molar-refractivity contribution in [2.75, 3.05) is 7.05 Å². The van der Waals surface area contributed by atoms with E-state index in [9.17, 15) is 0 Å². The average molecular weight is 499 g/mol. The maximum Gasteiger partial charge on any atom is 0.214 e. The Bertz CT molecular complexity index is 735. The number of oxazole rings is 1. The van der Waals surface area contributed by atoms with Crippen molar-refractivity contribution in [2.45, 2.75) is 65.1 Å². The van der Waals surface area contributed by atoms with Crippen LogP contribution in [0.2, 0.25) is 0 Å². The highest BCUT2D eigenvalue weighted by atomic mass is 127. The fraction of sp³-hybridized carbons (Fsp3) is 0.550. The molecule has 1 saturated carbocycles. The summed E-state index contributed by atoms with van der Waals surface area (Å²) >= 11 is 0. The van der Waals surface area contributed by atoms with Crippen molar-refractivity contribution in [1.29, 1.82) is 0 Å². The van der Waals surface area contributed by atoms with Crippen LogP contribution in [-0.2, 0) is 13.1 Å². The van der Waals surface area contributed by atoms with Crippen LogP contribution >= 0.6 is 24.0 Å². The molecule has 7 nitrogen and oxygen atoms in total. The fourth-order valence-corrected chi connectivity index (χ4v) is 3.12. The highest BCUT2D eigenvalue weighted by Gasteiger charge is 2.15. The summed E-state index contributed by atoms with van der Waals surface area (Å²) < 4.78 is 11.5. The van der Waals surface area contributed by atoms with Crippen LogP contribution < -0.4 is 15.4 Å². The third-order valence-corrected chi connectivity index (χ3v) is 4.80. The number of aryl methyl sites for hydroxylation is 2. The van der Waals surface area contributed by atoms with Crippen molar-refractivity contribution in [1.82, 2.24) is 20.6 Å². The lowest BCUT2D eigenvalue weighted by Gasteiger charge is -2.22. The van der Waals surface area contributed by atoms with E-state index in [1.165, 1.54) is 19.3 Å². The minimum Gasteiger partial charge on any atom is -0.474 e. The largest absolute Gasteiger partial charge is 0.474 e. The van der Waals surface area contributed by atoms with Crippen LogP contribution in [0.1, 0.15) is 55.0 Å². The van der Waals surface area contributed by atoms with E-state index in [0.717, 1.165) is 29.9 Å². The van der Waals surface area contributed by atoms with Gasteiger partial charge in [-0.2, -0.15) is 0 Å². The van der Waals surface area contributed by atoms with Gasteiger partial charge in [0.05, 0.1) is 12.2 Å². The number of aliphatic imine (C=N–C) groups is 1. The van der Waals surface area contributed by atoms with E-state index in [4.69, 9.17) is 9.15 Å². The van der Waals surface area contributed by atoms with Crippen LogP contribution in [0.3, 0.4) is 0 Å². The van der Waals surface area contributed by atoms with Crippen LogP contribution in [-0.4, -0.2) is 29.1 Å². The van der Waals surface area contributed by atoms with Gasteiger partial charge in [-0.1, -0.05) is 12.5 Å². The first-order chi connectivity index (χ1) is 13.1. The second-order valence-corrected chi connectivity index (χ2v) is 6.91. The summed E-state index contributed by atoms with van der Waals surface area (Å²) in [7, 11) is 1.74. The molecule has 1 aliphatic rings. The number of pyridine rings is 1. The van der Waals surface area contributed by atoms with Crippen LogP contribution in [0, 0.1) is 13.8 Å². The summed E-state index contributed by atoms with van der Waals surface area (Å²) in [4.78, 5) is 13.0. The van der Waals surface area contributed by atoms with E-state index in [0.29, 0.717) is 36.9 Å². The molecule has 8 heteroatoms. The molecule has 0 bridgehead atoms. The van der Waals surface area contributed by atoms with Gasteiger partial charge in [-0.05, 0) is 45.1 Å². The second kappa shape index (κ2) is 11.2. The second-order valence-electron chi connectivity index (χ2n) is 6.91. The number of nitrogens with one attached hydrogen (secondary N) is 2. The predicted octanol–water partition coefficient (Wildman–Crippen LogP) is 3.88. The van der Waals surface area contributed by atoms with E-state index >= 15 is 0 Å². The quantitative estimate of drug-likeness (QED) is 0.357. The number of ether oxygens (including phenoxy) is 1. The van der Waals surface area contributed by atoms with E-state index < -0.39 is 0 Å². The number of guanidine groups is 1. The third kappa shape index (κ3) is 6.65. The van der Waals surface area contributed by atoms with Gasteiger partial charge in [0.2, 0.25) is 11.8 Å². The lowest BCUT2D eigenvalue weighted by Crippen LogP contribution is -2.36. The standard InChI is InChI=1S/C20H29N5O2.HI/c1-14-15(2)26-19(25-14)13-24-20(21-3)23-12-16-9-10-18(22-11-16)27-17-7-5-4-6-8-17;/h9-11,17H,4-8,12-13H2,1-3H3,(H2,21,23,24);1H. The zero-order chi connectivity index (χ0) is 19.1. The Morgan fingerprint density at radius 2 is 1.93 bits per heavy atom. The molecular weight excluding hydrogens is 469 g/mol. The molecular formula is C20H30IN5O2. The monoisotopic (exact) mass is 499 g/mol. The number of halogens is 1. The average Bonchev–Trinajstić information content (AvgIpc) is 3.01. The number of nitrogens with zero attached hydrogens (tertiary/aromatic N) is 3. The van der Waals surface area contributed by atoms with Gasteiger partial charge in [0.15, 0.2) is 5.96 Å². The van der Waals surface area contributed by atoms with E-state index in [1.54, 1.807) is 7.05 Å². The molecule has 0 amide bonds. The molecule has 0 radical (unpaired) electrons. The molecule has 28 heavy (non-hydrogen) atoms. The lowest BCUT2D eigenvalue weighted by molar-refractivity contribution is 0.148. The van der Waals surface area contributed by atoms with Crippen LogP contribution in [0.5, 0.6) is 5.88 Å². The summed E-state index contributed by atoms with van der Waals surface area (Å²) in [5.74, 6) is 2.89. The maximum atomic E-state index is 5.97. The summed E-state index contributed by atoms with van der Waals surface area (Å²) in [6, 6.07) is 3.98. The lowest BCUT2D eigenvalue weighted by atomic mass is 9.98. The van der Waals surface area contributed by atoms with Gasteiger partial charge in [-0.15, -0.1) is 24.0 Å². The Hall–Kier alpha value is -1.84. The molecule has 0 spiro atoms. The van der Waals surface area contributed by atoms with Gasteiger partial charge in [-0.3, -0.25) is 4.99 Å². The molecule has 0 unspecified atom stereocenters. The Morgan fingerprint density at radius 3 is 2.54 bits per heavy atom. The van der Waals surface area contributed by atoms with E-state index in [-0.39, 0.29) is 24.0 Å². The number of rotatable bonds is 6. The van der Waals surface area contributed by atoms with Gasteiger partial charge in [-0.25, -0.2) is 9.97 Å². The SMILES string of the molecule is CN=C(NCc1ccc(OC2CCCCC2)nc1)NCc1nc(C)c(C)o1.I. The summed E-state index contributed by atoms with van der Waals surface area (Å²) in [5, 5.41) is 6.47. The number of hydrogen-bond acceptors (Lipinski definition) is 5. The van der Waals surface area contributed by atoms with Crippen molar-refractivity contribution >= 4 is 29.9 Å². The van der Waals surface area contributed by atoms with Crippen LogP contribution in [0.15, 0.2) is 27.7 Å². The maximum absolute atomic E-state index is 5.97. The first-order valence-corrected chi connectivity index (χ1v) is 9.63. The molecule has 2 N–H and O–H groups in total. The van der Waals surface area contributed by atoms with Crippen molar-refractivity contribution in [2.24, 2.45) is 4.99 Å². The summed E-state index contributed by atoms with van der Waals surface area (Å²) in [6.07, 6.45) is 8.27. The molecule has 1 fully saturated rings. The Kier molecular flexibility index (Phi) is 9.01. The van der Waals surface area contributed by atoms with Gasteiger partial charge in [0.1, 0.15) is 11.9 Å². The molecule has 2 aromatic rings. The zero-order valence-corrected chi connectivity index (χ0v) is 19.2. The van der Waals surface area contributed by atoms with Crippen molar-refractivity contribution in [3.05, 3.63) is 41.2 Å². The van der Waals surface area contributed by atoms with Gasteiger partial charge < -0.3 is 19.8 Å². The Labute approximate surface area is 183 Å². The molecule has 0 aliphatic heterocycles. The van der Waals surface area contributed by atoms with E-state index in [2.05, 4.69) is 25.6 Å². The molecule has 2 aromatic heterocycles. The number of hydrogen-bond donors (Lipinski definition) is 2. The summed E-state index contributed by atoms with van der Waals surface area (Å²) in [6.45, 7) is 4.96. The highest BCUT2D eigenvalue weighted by Crippen LogP contribution is 2.22.